The molecule has 2 unspecified atom stereocenters. The molecule has 0 aromatic carbocycles. The zero-order valence-corrected chi connectivity index (χ0v) is 18.3. The number of piperazine rings is 1. The summed E-state index contributed by atoms with van der Waals surface area (Å²) in [5.41, 5.74) is -0.663. The molecule has 2 aromatic rings. The molecule has 2 aliphatic heterocycles. The Kier molecular flexibility index (Phi) is 5.15. The highest BCUT2D eigenvalue weighted by atomic mass is 35.5. The van der Waals surface area contributed by atoms with Gasteiger partial charge in [-0.1, -0.05) is 23.2 Å². The number of ether oxygens (including phenoxy) is 1. The molecule has 30 heavy (non-hydrogen) atoms. The summed E-state index contributed by atoms with van der Waals surface area (Å²) in [5.74, 6) is -0.354. The van der Waals surface area contributed by atoms with E-state index in [1.54, 1.807) is 4.90 Å². The molecule has 4 heterocycles. The number of carbonyl (C=O) groups is 1. The highest BCUT2D eigenvalue weighted by molar-refractivity contribution is 6.35. The Hall–Kier alpha value is -2.37. The smallest absolute Gasteiger partial charge is 0.410 e. The van der Waals surface area contributed by atoms with Crippen LogP contribution in [0.4, 0.5) is 20.7 Å². The number of nitrogens with zero attached hydrogens (tertiary/aromatic N) is 5. The molecule has 7 nitrogen and oxygen atoms in total. The van der Waals surface area contributed by atoms with Gasteiger partial charge in [-0.2, -0.15) is 0 Å². The highest BCUT2D eigenvalue weighted by Crippen LogP contribution is 2.42. The lowest BCUT2D eigenvalue weighted by Crippen LogP contribution is -2.57. The summed E-state index contributed by atoms with van der Waals surface area (Å²) in [7, 11) is 0. The summed E-state index contributed by atoms with van der Waals surface area (Å²) in [6.07, 6.45) is 2.76. The summed E-state index contributed by atoms with van der Waals surface area (Å²) in [5, 5.41) is -0.0228. The van der Waals surface area contributed by atoms with E-state index in [2.05, 4.69) is 14.8 Å². The summed E-state index contributed by atoms with van der Waals surface area (Å²) in [6, 6.07) is -0.111. The topological polar surface area (TPSA) is 62.9 Å². The lowest BCUT2D eigenvalue weighted by atomic mass is 10.1. The highest BCUT2D eigenvalue weighted by Gasteiger charge is 2.45. The molecule has 2 aliphatic rings. The molecule has 0 aliphatic carbocycles. The van der Waals surface area contributed by atoms with Crippen LogP contribution in [0.15, 0.2) is 6.20 Å². The third-order valence-corrected chi connectivity index (χ3v) is 5.88. The van der Waals surface area contributed by atoms with E-state index in [0.717, 1.165) is 12.8 Å². The number of anilines is 1. The Bertz CT molecular complexity index is 1070. The number of pyridine rings is 2. The second kappa shape index (κ2) is 7.40. The third-order valence-electron chi connectivity index (χ3n) is 5.35. The van der Waals surface area contributed by atoms with Crippen molar-refractivity contribution in [2.24, 2.45) is 0 Å². The third kappa shape index (κ3) is 3.50. The van der Waals surface area contributed by atoms with Gasteiger partial charge in [-0.25, -0.2) is 24.0 Å². The van der Waals surface area contributed by atoms with Crippen molar-refractivity contribution in [1.82, 2.24) is 14.9 Å². The predicted octanol–water partition coefficient (Wildman–Crippen LogP) is 5.21. The quantitative estimate of drug-likeness (QED) is 0.439. The predicted molar refractivity (Wildman–Crippen MR) is 113 cm³/mol. The minimum absolute atomic E-state index is 0.0157. The second-order valence-electron chi connectivity index (χ2n) is 8.52. The van der Waals surface area contributed by atoms with Crippen LogP contribution < -0.4 is 4.90 Å². The van der Waals surface area contributed by atoms with Crippen LogP contribution in [0, 0.1) is 12.4 Å². The number of rotatable bonds is 1. The molecule has 10 heteroatoms. The van der Waals surface area contributed by atoms with E-state index >= 15 is 0 Å². The maximum atomic E-state index is 14.8. The normalized spacial score (nSPS) is 21.1. The number of fused-ring (bicyclic) bond motifs is 3. The minimum atomic E-state index is -0.791. The molecule has 0 spiro atoms. The van der Waals surface area contributed by atoms with Gasteiger partial charge in [-0.15, -0.1) is 0 Å². The Morgan fingerprint density at radius 1 is 1.27 bits per heavy atom. The van der Waals surface area contributed by atoms with E-state index in [9.17, 15) is 9.18 Å². The van der Waals surface area contributed by atoms with Crippen LogP contribution in [0.2, 0.25) is 10.3 Å². The first-order valence-electron chi connectivity index (χ1n) is 9.57. The van der Waals surface area contributed by atoms with Crippen molar-refractivity contribution in [2.45, 2.75) is 51.3 Å². The largest absolute Gasteiger partial charge is 0.444 e. The van der Waals surface area contributed by atoms with Gasteiger partial charge in [-0.05, 0) is 33.6 Å². The van der Waals surface area contributed by atoms with E-state index in [1.807, 2.05) is 25.7 Å². The summed E-state index contributed by atoms with van der Waals surface area (Å²) >= 11 is 12.1. The van der Waals surface area contributed by atoms with Crippen LogP contribution in [0.1, 0.15) is 33.6 Å². The SMILES string of the molecule is [C-]#[N+]c1c(Cl)nc(N2CC3CCC(C2)N3C(=O)OC(C)(C)C)c2cnc(Cl)c(F)c12. The monoisotopic (exact) mass is 451 g/mol. The van der Waals surface area contributed by atoms with Gasteiger partial charge in [0.1, 0.15) is 16.6 Å². The van der Waals surface area contributed by atoms with Crippen LogP contribution in [-0.2, 0) is 4.74 Å². The van der Waals surface area contributed by atoms with Crippen molar-refractivity contribution in [2.75, 3.05) is 18.0 Å². The molecule has 2 atom stereocenters. The molecule has 2 aromatic heterocycles. The summed E-state index contributed by atoms with van der Waals surface area (Å²) in [4.78, 5) is 28.1. The lowest BCUT2D eigenvalue weighted by Gasteiger charge is -2.42. The number of hydrogen-bond acceptors (Lipinski definition) is 5. The average Bonchev–Trinajstić information content (AvgIpc) is 2.93. The van der Waals surface area contributed by atoms with Crippen molar-refractivity contribution in [3.05, 3.63) is 33.7 Å². The fraction of sp³-hybridized carbons (Fsp3) is 0.500. The minimum Gasteiger partial charge on any atom is -0.444 e. The molecule has 0 N–H and O–H groups in total. The number of aromatic nitrogens is 2. The summed E-state index contributed by atoms with van der Waals surface area (Å²) < 4.78 is 20.3. The van der Waals surface area contributed by atoms with Crippen molar-refractivity contribution in [3.63, 3.8) is 0 Å². The zero-order chi connectivity index (χ0) is 21.8. The van der Waals surface area contributed by atoms with Gasteiger partial charge < -0.3 is 9.64 Å². The molecular weight excluding hydrogens is 432 g/mol. The number of carbonyl (C=O) groups excluding carboxylic acids is 1. The maximum Gasteiger partial charge on any atom is 0.410 e. The van der Waals surface area contributed by atoms with Crippen molar-refractivity contribution < 1.29 is 13.9 Å². The van der Waals surface area contributed by atoms with Crippen LogP contribution in [-0.4, -0.2) is 51.7 Å². The molecule has 0 radical (unpaired) electrons. The Morgan fingerprint density at radius 3 is 2.47 bits per heavy atom. The van der Waals surface area contributed by atoms with Crippen LogP contribution in [0.3, 0.4) is 0 Å². The van der Waals surface area contributed by atoms with Crippen LogP contribution in [0.25, 0.3) is 15.6 Å². The summed E-state index contributed by atoms with van der Waals surface area (Å²) in [6.45, 7) is 13.9. The molecule has 4 rings (SSSR count). The first-order valence-corrected chi connectivity index (χ1v) is 10.3. The molecule has 0 saturated carbocycles. The Morgan fingerprint density at radius 2 is 1.90 bits per heavy atom. The first-order chi connectivity index (χ1) is 14.1. The maximum absolute atomic E-state index is 14.8. The Labute approximate surface area is 183 Å². The standard InChI is InChI=1S/C20H20Cl2FN5O2/c1-20(2,3)30-19(29)28-10-5-6-11(28)9-27(8-10)18-12-7-25-16(21)14(23)13(12)15(24-4)17(22)26-18/h7,10-11H,5-6,8-9H2,1-3H3. The van der Waals surface area contributed by atoms with Gasteiger partial charge in [0.05, 0.1) is 18.7 Å². The molecular formula is C20H20Cl2FN5O2. The number of amides is 1. The van der Waals surface area contributed by atoms with Crippen LogP contribution >= 0.6 is 23.2 Å². The van der Waals surface area contributed by atoms with Gasteiger partial charge in [0.25, 0.3) is 0 Å². The second-order valence-corrected chi connectivity index (χ2v) is 9.23. The van der Waals surface area contributed by atoms with E-state index < -0.39 is 11.4 Å². The molecule has 1 amide bonds. The van der Waals surface area contributed by atoms with Gasteiger partial charge in [0, 0.05) is 30.1 Å². The Balaban J connectivity index is 1.72. The molecule has 158 valence electrons. The fourth-order valence-electron chi connectivity index (χ4n) is 4.21. The number of halogens is 3. The van der Waals surface area contributed by atoms with E-state index in [1.165, 1.54) is 6.20 Å². The van der Waals surface area contributed by atoms with E-state index in [-0.39, 0.29) is 39.6 Å². The van der Waals surface area contributed by atoms with E-state index in [0.29, 0.717) is 24.3 Å². The molecule has 2 fully saturated rings. The van der Waals surface area contributed by atoms with Crippen molar-refractivity contribution >= 4 is 51.6 Å². The molecule has 2 bridgehead atoms. The van der Waals surface area contributed by atoms with Gasteiger partial charge in [0.2, 0.25) is 5.69 Å². The lowest BCUT2D eigenvalue weighted by molar-refractivity contribution is 0.0123. The van der Waals surface area contributed by atoms with Crippen molar-refractivity contribution in [3.8, 4) is 0 Å². The van der Waals surface area contributed by atoms with Crippen molar-refractivity contribution in [1.29, 1.82) is 0 Å². The number of hydrogen-bond donors (Lipinski definition) is 0. The van der Waals surface area contributed by atoms with Gasteiger partial charge >= 0.3 is 6.09 Å². The van der Waals surface area contributed by atoms with Gasteiger partial charge in [-0.3, -0.25) is 4.90 Å². The fourth-order valence-corrected chi connectivity index (χ4v) is 4.57. The zero-order valence-electron chi connectivity index (χ0n) is 16.7. The first kappa shape index (κ1) is 20.9. The van der Waals surface area contributed by atoms with Crippen LogP contribution in [0.5, 0.6) is 0 Å². The van der Waals surface area contributed by atoms with Gasteiger partial charge in [0.15, 0.2) is 11.0 Å². The molecule has 2 saturated heterocycles. The average molecular weight is 452 g/mol. The van der Waals surface area contributed by atoms with E-state index in [4.69, 9.17) is 34.5 Å².